The van der Waals surface area contributed by atoms with Crippen LogP contribution in [0.25, 0.3) is 0 Å². The van der Waals surface area contributed by atoms with E-state index in [1.807, 2.05) is 31.2 Å². The Labute approximate surface area is 139 Å². The third-order valence-electron chi connectivity index (χ3n) is 3.26. The van der Waals surface area contributed by atoms with Crippen molar-refractivity contribution in [2.45, 2.75) is 25.2 Å². The molecule has 0 atom stereocenters. The number of thioether (sulfide) groups is 1. The SMILES string of the molecule is CCc1oc(C(=O)NCCSc2ccc(C)cc2)cc1C(=O)O. The predicted octanol–water partition coefficient (Wildman–Crippen LogP) is 3.37. The summed E-state index contributed by atoms with van der Waals surface area (Å²) >= 11 is 1.64. The number of nitrogens with one attached hydrogen (secondary N) is 1. The molecule has 23 heavy (non-hydrogen) atoms. The summed E-state index contributed by atoms with van der Waals surface area (Å²) in [5.41, 5.74) is 1.26. The van der Waals surface area contributed by atoms with Gasteiger partial charge in [0, 0.05) is 29.7 Å². The van der Waals surface area contributed by atoms with Gasteiger partial charge in [0.25, 0.3) is 5.91 Å². The molecule has 5 nitrogen and oxygen atoms in total. The quantitative estimate of drug-likeness (QED) is 0.600. The topological polar surface area (TPSA) is 79.5 Å². The van der Waals surface area contributed by atoms with Crippen molar-refractivity contribution in [1.82, 2.24) is 5.32 Å². The van der Waals surface area contributed by atoms with Gasteiger partial charge in [0.1, 0.15) is 11.3 Å². The van der Waals surface area contributed by atoms with Crippen molar-refractivity contribution in [3.05, 3.63) is 53.0 Å². The molecule has 0 saturated carbocycles. The summed E-state index contributed by atoms with van der Waals surface area (Å²) in [5.74, 6) is -0.394. The van der Waals surface area contributed by atoms with Crippen molar-refractivity contribution in [1.29, 1.82) is 0 Å². The van der Waals surface area contributed by atoms with Crippen LogP contribution >= 0.6 is 11.8 Å². The van der Waals surface area contributed by atoms with Gasteiger partial charge < -0.3 is 14.8 Å². The van der Waals surface area contributed by atoms with Gasteiger partial charge in [-0.1, -0.05) is 24.6 Å². The summed E-state index contributed by atoms with van der Waals surface area (Å²) in [5, 5.41) is 11.8. The third kappa shape index (κ3) is 4.63. The van der Waals surface area contributed by atoms with Gasteiger partial charge in [0.2, 0.25) is 0 Å². The highest BCUT2D eigenvalue weighted by Gasteiger charge is 2.19. The number of benzene rings is 1. The lowest BCUT2D eigenvalue weighted by Gasteiger charge is -2.04. The fourth-order valence-electron chi connectivity index (χ4n) is 2.04. The molecule has 0 bridgehead atoms. The van der Waals surface area contributed by atoms with Gasteiger partial charge in [-0.25, -0.2) is 4.79 Å². The summed E-state index contributed by atoms with van der Waals surface area (Å²) in [6.45, 7) is 4.29. The molecular formula is C17H19NO4S. The van der Waals surface area contributed by atoms with Gasteiger partial charge >= 0.3 is 5.97 Å². The molecule has 2 rings (SSSR count). The van der Waals surface area contributed by atoms with Crippen LogP contribution in [0.3, 0.4) is 0 Å². The Balaban J connectivity index is 1.85. The molecule has 1 aromatic heterocycles. The second-order valence-corrected chi connectivity index (χ2v) is 6.19. The maximum atomic E-state index is 12.0. The molecule has 0 spiro atoms. The molecule has 1 amide bonds. The lowest BCUT2D eigenvalue weighted by Crippen LogP contribution is -2.25. The highest BCUT2D eigenvalue weighted by Crippen LogP contribution is 2.18. The van der Waals surface area contributed by atoms with Crippen LogP contribution in [0, 0.1) is 6.92 Å². The van der Waals surface area contributed by atoms with Crippen LogP contribution in [0.15, 0.2) is 39.6 Å². The molecule has 1 aromatic carbocycles. The zero-order valence-electron chi connectivity index (χ0n) is 13.1. The van der Waals surface area contributed by atoms with Crippen LogP contribution in [0.2, 0.25) is 0 Å². The van der Waals surface area contributed by atoms with Gasteiger partial charge in [-0.3, -0.25) is 4.79 Å². The first-order valence-corrected chi connectivity index (χ1v) is 8.33. The molecule has 6 heteroatoms. The van der Waals surface area contributed by atoms with E-state index < -0.39 is 11.9 Å². The van der Waals surface area contributed by atoms with E-state index in [1.165, 1.54) is 11.6 Å². The van der Waals surface area contributed by atoms with Crippen molar-refractivity contribution >= 4 is 23.6 Å². The first-order valence-electron chi connectivity index (χ1n) is 7.35. The Morgan fingerprint density at radius 1 is 1.26 bits per heavy atom. The number of carbonyl (C=O) groups excluding carboxylic acids is 1. The molecule has 122 valence electrons. The minimum atomic E-state index is -1.08. The number of hydrogen-bond donors (Lipinski definition) is 2. The number of carbonyl (C=O) groups is 2. The number of hydrogen-bond acceptors (Lipinski definition) is 4. The van der Waals surface area contributed by atoms with E-state index in [0.717, 1.165) is 10.6 Å². The largest absolute Gasteiger partial charge is 0.478 e. The van der Waals surface area contributed by atoms with Crippen molar-refractivity contribution in [2.24, 2.45) is 0 Å². The first-order chi connectivity index (χ1) is 11.0. The maximum Gasteiger partial charge on any atom is 0.339 e. The van der Waals surface area contributed by atoms with Gasteiger partial charge in [0.05, 0.1) is 0 Å². The lowest BCUT2D eigenvalue weighted by molar-refractivity contribution is 0.0694. The Morgan fingerprint density at radius 2 is 1.96 bits per heavy atom. The molecule has 0 radical (unpaired) electrons. The summed E-state index contributed by atoms with van der Waals surface area (Å²) in [6.07, 6.45) is 0.429. The number of amides is 1. The summed E-state index contributed by atoms with van der Waals surface area (Å²) in [4.78, 5) is 24.2. The van der Waals surface area contributed by atoms with E-state index in [-0.39, 0.29) is 11.3 Å². The fourth-order valence-corrected chi connectivity index (χ4v) is 2.81. The van der Waals surface area contributed by atoms with E-state index in [1.54, 1.807) is 18.7 Å². The molecule has 0 fully saturated rings. The predicted molar refractivity (Wildman–Crippen MR) is 89.3 cm³/mol. The van der Waals surface area contributed by atoms with Gasteiger partial charge in [-0.05, 0) is 19.1 Å². The number of furan rings is 1. The molecule has 0 unspecified atom stereocenters. The second-order valence-electron chi connectivity index (χ2n) is 5.02. The highest BCUT2D eigenvalue weighted by atomic mass is 32.2. The third-order valence-corrected chi connectivity index (χ3v) is 4.28. The van der Waals surface area contributed by atoms with Crippen molar-refractivity contribution < 1.29 is 19.1 Å². The van der Waals surface area contributed by atoms with Crippen molar-refractivity contribution in [3.63, 3.8) is 0 Å². The average molecular weight is 333 g/mol. The zero-order chi connectivity index (χ0) is 16.8. The number of aromatic carboxylic acids is 1. The molecule has 0 saturated heterocycles. The molecule has 0 aliphatic rings. The van der Waals surface area contributed by atoms with E-state index in [0.29, 0.717) is 18.7 Å². The normalized spacial score (nSPS) is 10.5. The molecular weight excluding hydrogens is 314 g/mol. The molecule has 2 aromatic rings. The van der Waals surface area contributed by atoms with E-state index >= 15 is 0 Å². The first kappa shape index (κ1) is 17.1. The van der Waals surface area contributed by atoms with Crippen molar-refractivity contribution in [2.75, 3.05) is 12.3 Å². The van der Waals surface area contributed by atoms with Gasteiger partial charge in [0.15, 0.2) is 5.76 Å². The molecule has 0 aliphatic heterocycles. The zero-order valence-corrected chi connectivity index (χ0v) is 13.9. The van der Waals surface area contributed by atoms with Gasteiger partial charge in [-0.2, -0.15) is 0 Å². The average Bonchev–Trinajstić information content (AvgIpc) is 2.97. The standard InChI is InChI=1S/C17H19NO4S/c1-3-14-13(17(20)21)10-15(22-14)16(19)18-8-9-23-12-6-4-11(2)5-7-12/h4-7,10H,3,8-9H2,1-2H3,(H,18,19)(H,20,21). The molecule has 1 heterocycles. The Hall–Kier alpha value is -2.21. The smallest absolute Gasteiger partial charge is 0.339 e. The second kappa shape index (κ2) is 7.87. The number of carboxylic acid groups (broad SMARTS) is 1. The number of carboxylic acids is 1. The minimum Gasteiger partial charge on any atom is -0.478 e. The Bertz CT molecular complexity index is 691. The summed E-state index contributed by atoms with van der Waals surface area (Å²) in [7, 11) is 0. The number of rotatable bonds is 7. The van der Waals surface area contributed by atoms with E-state index in [2.05, 4.69) is 5.32 Å². The molecule has 2 N–H and O–H groups in total. The molecule has 0 aliphatic carbocycles. The van der Waals surface area contributed by atoms with Crippen LogP contribution in [-0.2, 0) is 6.42 Å². The van der Waals surface area contributed by atoms with Crippen molar-refractivity contribution in [3.8, 4) is 0 Å². The van der Waals surface area contributed by atoms with Crippen LogP contribution in [0.1, 0.15) is 39.2 Å². The monoisotopic (exact) mass is 333 g/mol. The van der Waals surface area contributed by atoms with Crippen LogP contribution in [-0.4, -0.2) is 29.3 Å². The Morgan fingerprint density at radius 3 is 2.52 bits per heavy atom. The fraction of sp³-hybridized carbons (Fsp3) is 0.294. The maximum absolute atomic E-state index is 12.0. The number of aryl methyl sites for hydroxylation is 2. The summed E-state index contributed by atoms with van der Waals surface area (Å²) in [6, 6.07) is 9.46. The highest BCUT2D eigenvalue weighted by molar-refractivity contribution is 7.99. The van der Waals surface area contributed by atoms with E-state index in [9.17, 15) is 9.59 Å². The van der Waals surface area contributed by atoms with E-state index in [4.69, 9.17) is 9.52 Å². The Kier molecular flexibility index (Phi) is 5.87. The lowest BCUT2D eigenvalue weighted by atomic mass is 10.2. The minimum absolute atomic E-state index is 0.0413. The van der Waals surface area contributed by atoms with Crippen LogP contribution in [0.5, 0.6) is 0 Å². The van der Waals surface area contributed by atoms with Gasteiger partial charge in [-0.15, -0.1) is 11.8 Å². The van der Waals surface area contributed by atoms with Crippen LogP contribution in [0.4, 0.5) is 0 Å². The summed E-state index contributed by atoms with van der Waals surface area (Å²) < 4.78 is 5.32. The van der Waals surface area contributed by atoms with Crippen LogP contribution < -0.4 is 5.32 Å².